The fourth-order valence-electron chi connectivity index (χ4n) is 2.49. The minimum Gasteiger partial charge on any atom is -0.449 e. The Morgan fingerprint density at radius 3 is 2.10 bits per heavy atom. The van der Waals surface area contributed by atoms with Crippen molar-refractivity contribution in [3.8, 4) is 0 Å². The molecule has 0 aliphatic carbocycles. The van der Waals surface area contributed by atoms with Crippen LogP contribution >= 0.6 is 0 Å². The number of benzene rings is 2. The van der Waals surface area contributed by atoms with E-state index in [2.05, 4.69) is 10.0 Å². The van der Waals surface area contributed by atoms with Gasteiger partial charge in [0, 0.05) is 11.7 Å². The first-order chi connectivity index (χ1) is 13.5. The number of anilines is 1. The van der Waals surface area contributed by atoms with Crippen molar-refractivity contribution in [2.75, 3.05) is 5.32 Å². The SMILES string of the molecule is Cc1ccc(C(=O)O[C@@H](C)C(=O)Nc2ccc(S(=O)(=O)NC(C)C)cc2)cc1C. The molecule has 1 amide bonds. The minimum atomic E-state index is -3.61. The highest BCUT2D eigenvalue weighted by atomic mass is 32.2. The molecule has 0 heterocycles. The molecule has 29 heavy (non-hydrogen) atoms. The number of esters is 1. The summed E-state index contributed by atoms with van der Waals surface area (Å²) >= 11 is 0. The Labute approximate surface area is 171 Å². The predicted octanol–water partition coefficient (Wildman–Crippen LogP) is 3.17. The third-order valence-corrected chi connectivity index (χ3v) is 5.89. The number of rotatable bonds is 7. The predicted molar refractivity (Wildman–Crippen MR) is 111 cm³/mol. The first-order valence-electron chi connectivity index (χ1n) is 9.21. The highest BCUT2D eigenvalue weighted by molar-refractivity contribution is 7.89. The second-order valence-corrected chi connectivity index (χ2v) is 8.85. The summed E-state index contributed by atoms with van der Waals surface area (Å²) in [5, 5.41) is 2.61. The molecular formula is C21H26N2O5S. The number of hydrogen-bond donors (Lipinski definition) is 2. The van der Waals surface area contributed by atoms with E-state index in [-0.39, 0.29) is 10.9 Å². The quantitative estimate of drug-likeness (QED) is 0.673. The number of nitrogens with one attached hydrogen (secondary N) is 2. The summed E-state index contributed by atoms with van der Waals surface area (Å²) in [4.78, 5) is 24.6. The van der Waals surface area contributed by atoms with Crippen molar-refractivity contribution >= 4 is 27.6 Å². The Balaban J connectivity index is 2.00. The van der Waals surface area contributed by atoms with Gasteiger partial charge in [0.05, 0.1) is 10.5 Å². The lowest BCUT2D eigenvalue weighted by molar-refractivity contribution is -0.123. The molecule has 0 aliphatic rings. The van der Waals surface area contributed by atoms with Gasteiger partial charge in [0.2, 0.25) is 10.0 Å². The minimum absolute atomic E-state index is 0.0958. The Morgan fingerprint density at radius 1 is 0.931 bits per heavy atom. The first kappa shape index (κ1) is 22.6. The maximum atomic E-state index is 12.3. The lowest BCUT2D eigenvalue weighted by atomic mass is 10.1. The first-order valence-corrected chi connectivity index (χ1v) is 10.7. The number of carbonyl (C=O) groups excluding carboxylic acids is 2. The maximum absolute atomic E-state index is 12.3. The van der Waals surface area contributed by atoms with Crippen LogP contribution in [0, 0.1) is 13.8 Å². The molecule has 0 saturated carbocycles. The van der Waals surface area contributed by atoms with Crippen LogP contribution in [-0.4, -0.2) is 32.4 Å². The molecule has 0 bridgehead atoms. The number of aryl methyl sites for hydroxylation is 2. The summed E-state index contributed by atoms with van der Waals surface area (Å²) in [7, 11) is -3.61. The monoisotopic (exact) mass is 418 g/mol. The Morgan fingerprint density at radius 2 is 1.55 bits per heavy atom. The van der Waals surface area contributed by atoms with E-state index >= 15 is 0 Å². The average Bonchev–Trinajstić information content (AvgIpc) is 2.63. The van der Waals surface area contributed by atoms with Crippen LogP contribution in [0.3, 0.4) is 0 Å². The molecule has 1 atom stereocenters. The second-order valence-electron chi connectivity index (χ2n) is 7.14. The van der Waals surface area contributed by atoms with E-state index in [9.17, 15) is 18.0 Å². The molecule has 2 aromatic carbocycles. The molecule has 0 aromatic heterocycles. The number of ether oxygens (including phenoxy) is 1. The zero-order valence-corrected chi connectivity index (χ0v) is 18.0. The molecule has 0 spiro atoms. The normalized spacial score (nSPS) is 12.5. The maximum Gasteiger partial charge on any atom is 0.338 e. The van der Waals surface area contributed by atoms with Gasteiger partial charge in [-0.2, -0.15) is 0 Å². The largest absolute Gasteiger partial charge is 0.449 e. The Hall–Kier alpha value is -2.71. The highest BCUT2D eigenvalue weighted by Crippen LogP contribution is 2.16. The molecule has 0 radical (unpaired) electrons. The van der Waals surface area contributed by atoms with Gasteiger partial charge in [0.15, 0.2) is 6.10 Å². The van der Waals surface area contributed by atoms with Crippen molar-refractivity contribution in [3.05, 3.63) is 59.2 Å². The van der Waals surface area contributed by atoms with E-state index in [1.54, 1.807) is 26.0 Å². The van der Waals surface area contributed by atoms with Gasteiger partial charge in [-0.15, -0.1) is 0 Å². The fraction of sp³-hybridized carbons (Fsp3) is 0.333. The summed E-state index contributed by atoms with van der Waals surface area (Å²) in [5.41, 5.74) is 2.78. The van der Waals surface area contributed by atoms with Crippen LogP contribution in [0.15, 0.2) is 47.4 Å². The van der Waals surface area contributed by atoms with Gasteiger partial charge in [-0.05, 0) is 82.1 Å². The molecule has 0 aliphatic heterocycles. The van der Waals surface area contributed by atoms with Crippen LogP contribution in [0.1, 0.15) is 42.3 Å². The lowest BCUT2D eigenvalue weighted by Gasteiger charge is -2.14. The molecule has 2 rings (SSSR count). The number of amides is 1. The van der Waals surface area contributed by atoms with E-state index in [0.29, 0.717) is 11.3 Å². The van der Waals surface area contributed by atoms with E-state index in [0.717, 1.165) is 11.1 Å². The average molecular weight is 419 g/mol. The van der Waals surface area contributed by atoms with Crippen LogP contribution in [-0.2, 0) is 19.6 Å². The summed E-state index contributed by atoms with van der Waals surface area (Å²) in [6, 6.07) is 10.7. The van der Waals surface area contributed by atoms with E-state index < -0.39 is 28.0 Å². The zero-order chi connectivity index (χ0) is 21.8. The molecule has 0 fully saturated rings. The highest BCUT2D eigenvalue weighted by Gasteiger charge is 2.20. The third-order valence-electron chi connectivity index (χ3n) is 4.22. The van der Waals surface area contributed by atoms with Gasteiger partial charge in [0.1, 0.15) is 0 Å². The van der Waals surface area contributed by atoms with E-state index in [1.165, 1.54) is 31.2 Å². The van der Waals surface area contributed by atoms with Gasteiger partial charge in [0.25, 0.3) is 5.91 Å². The van der Waals surface area contributed by atoms with Gasteiger partial charge in [-0.1, -0.05) is 6.07 Å². The van der Waals surface area contributed by atoms with Crippen LogP contribution in [0.5, 0.6) is 0 Å². The van der Waals surface area contributed by atoms with Crippen LogP contribution < -0.4 is 10.0 Å². The van der Waals surface area contributed by atoms with Crippen molar-refractivity contribution in [2.45, 2.75) is 51.7 Å². The van der Waals surface area contributed by atoms with E-state index in [4.69, 9.17) is 4.74 Å². The van der Waals surface area contributed by atoms with Crippen LogP contribution in [0.4, 0.5) is 5.69 Å². The summed E-state index contributed by atoms with van der Waals surface area (Å²) in [6.07, 6.45) is -1.02. The Kier molecular flexibility index (Phi) is 7.16. The van der Waals surface area contributed by atoms with Crippen molar-refractivity contribution in [2.24, 2.45) is 0 Å². The molecule has 7 nitrogen and oxygen atoms in total. The zero-order valence-electron chi connectivity index (χ0n) is 17.1. The lowest BCUT2D eigenvalue weighted by Crippen LogP contribution is -2.30. The number of sulfonamides is 1. The van der Waals surface area contributed by atoms with Crippen molar-refractivity contribution < 1.29 is 22.7 Å². The molecule has 2 aromatic rings. The van der Waals surface area contributed by atoms with Gasteiger partial charge in [-0.3, -0.25) is 4.79 Å². The Bertz CT molecular complexity index is 998. The summed E-state index contributed by atoms with van der Waals surface area (Å²) < 4.78 is 32.0. The molecule has 0 saturated heterocycles. The number of hydrogen-bond acceptors (Lipinski definition) is 5. The number of carbonyl (C=O) groups is 2. The van der Waals surface area contributed by atoms with Gasteiger partial charge < -0.3 is 10.1 Å². The molecule has 2 N–H and O–H groups in total. The molecule has 8 heteroatoms. The van der Waals surface area contributed by atoms with Gasteiger partial charge in [-0.25, -0.2) is 17.9 Å². The van der Waals surface area contributed by atoms with Crippen LogP contribution in [0.25, 0.3) is 0 Å². The third kappa shape index (κ3) is 6.13. The van der Waals surface area contributed by atoms with Crippen molar-refractivity contribution in [1.82, 2.24) is 4.72 Å². The second kappa shape index (κ2) is 9.19. The van der Waals surface area contributed by atoms with E-state index in [1.807, 2.05) is 19.9 Å². The van der Waals surface area contributed by atoms with Gasteiger partial charge >= 0.3 is 5.97 Å². The standard InChI is InChI=1S/C21H26N2O5S/c1-13(2)23-29(26,27)19-10-8-18(9-11-19)22-20(24)16(5)28-21(25)17-7-6-14(3)15(4)12-17/h6-13,16,23H,1-5H3,(H,22,24)/t16-/m0/s1. The molecule has 156 valence electrons. The van der Waals surface area contributed by atoms with Crippen LogP contribution in [0.2, 0.25) is 0 Å². The molecular weight excluding hydrogens is 392 g/mol. The fourth-order valence-corrected chi connectivity index (χ4v) is 3.74. The topological polar surface area (TPSA) is 102 Å². The summed E-state index contributed by atoms with van der Waals surface area (Å²) in [5.74, 6) is -1.10. The van der Waals surface area contributed by atoms with Crippen molar-refractivity contribution in [1.29, 1.82) is 0 Å². The smallest absolute Gasteiger partial charge is 0.338 e. The molecule has 0 unspecified atom stereocenters. The summed E-state index contributed by atoms with van der Waals surface area (Å²) in [6.45, 7) is 8.76. The van der Waals surface area contributed by atoms with Crippen molar-refractivity contribution in [3.63, 3.8) is 0 Å².